The molecule has 0 aliphatic carbocycles. The lowest BCUT2D eigenvalue weighted by atomic mass is 10.4. The van der Waals surface area contributed by atoms with Crippen LogP contribution in [0, 0.1) is 0 Å². The predicted molar refractivity (Wildman–Crippen MR) is 71.9 cm³/mol. The first-order valence-electron chi connectivity index (χ1n) is 6.13. The molecule has 5 nitrogen and oxygen atoms in total. The molecule has 0 aliphatic rings. The van der Waals surface area contributed by atoms with Gasteiger partial charge in [-0.05, 0) is 13.3 Å². The van der Waals surface area contributed by atoms with Gasteiger partial charge in [0.15, 0.2) is 0 Å². The van der Waals surface area contributed by atoms with Crippen LogP contribution >= 0.6 is 0 Å². The number of nitrogens with zero attached hydrogens (tertiary/aromatic N) is 2. The SMILES string of the molecule is C=C(C)COCCNc1cc(OCCC)ncn1. The molecule has 0 saturated carbocycles. The molecule has 5 heteroatoms. The lowest BCUT2D eigenvalue weighted by Crippen LogP contribution is -2.11. The van der Waals surface area contributed by atoms with Crippen LogP contribution in [0.2, 0.25) is 0 Å². The van der Waals surface area contributed by atoms with Crippen molar-refractivity contribution in [3.63, 3.8) is 0 Å². The van der Waals surface area contributed by atoms with Crippen molar-refractivity contribution in [1.29, 1.82) is 0 Å². The fourth-order valence-corrected chi connectivity index (χ4v) is 1.22. The molecule has 0 saturated heterocycles. The maximum Gasteiger partial charge on any atom is 0.218 e. The fourth-order valence-electron chi connectivity index (χ4n) is 1.22. The summed E-state index contributed by atoms with van der Waals surface area (Å²) in [4.78, 5) is 8.13. The molecule has 0 spiro atoms. The number of aromatic nitrogens is 2. The Hall–Kier alpha value is -1.62. The van der Waals surface area contributed by atoms with Gasteiger partial charge >= 0.3 is 0 Å². The monoisotopic (exact) mass is 251 g/mol. The van der Waals surface area contributed by atoms with Crippen molar-refractivity contribution in [1.82, 2.24) is 9.97 Å². The topological polar surface area (TPSA) is 56.3 Å². The molecular formula is C13H21N3O2. The Morgan fingerprint density at radius 1 is 1.39 bits per heavy atom. The zero-order chi connectivity index (χ0) is 13.2. The summed E-state index contributed by atoms with van der Waals surface area (Å²) in [6, 6.07) is 1.79. The van der Waals surface area contributed by atoms with E-state index in [1.807, 2.05) is 6.92 Å². The van der Waals surface area contributed by atoms with E-state index in [9.17, 15) is 0 Å². The maximum absolute atomic E-state index is 5.42. The fraction of sp³-hybridized carbons (Fsp3) is 0.538. The van der Waals surface area contributed by atoms with E-state index in [1.54, 1.807) is 6.07 Å². The van der Waals surface area contributed by atoms with E-state index in [2.05, 4.69) is 28.8 Å². The minimum absolute atomic E-state index is 0.594. The van der Waals surface area contributed by atoms with Crippen molar-refractivity contribution >= 4 is 5.82 Å². The van der Waals surface area contributed by atoms with Crippen LogP contribution in [-0.2, 0) is 4.74 Å². The molecule has 0 aromatic carbocycles. The number of hydrogen-bond donors (Lipinski definition) is 1. The molecule has 1 rings (SSSR count). The summed E-state index contributed by atoms with van der Waals surface area (Å²) >= 11 is 0. The highest BCUT2D eigenvalue weighted by Gasteiger charge is 1.98. The molecule has 1 heterocycles. The van der Waals surface area contributed by atoms with Crippen molar-refractivity contribution in [3.05, 3.63) is 24.5 Å². The maximum atomic E-state index is 5.42. The van der Waals surface area contributed by atoms with Crippen LogP contribution in [0.3, 0.4) is 0 Å². The Labute approximate surface area is 108 Å². The summed E-state index contributed by atoms with van der Waals surface area (Å²) in [5.74, 6) is 1.34. The van der Waals surface area contributed by atoms with Crippen molar-refractivity contribution in [3.8, 4) is 5.88 Å². The van der Waals surface area contributed by atoms with Crippen molar-refractivity contribution < 1.29 is 9.47 Å². The van der Waals surface area contributed by atoms with Crippen LogP contribution in [0.25, 0.3) is 0 Å². The first-order valence-corrected chi connectivity index (χ1v) is 6.13. The summed E-state index contributed by atoms with van der Waals surface area (Å²) in [5.41, 5.74) is 1.02. The van der Waals surface area contributed by atoms with Crippen molar-refractivity contribution in [2.75, 3.05) is 31.7 Å². The highest BCUT2D eigenvalue weighted by molar-refractivity contribution is 5.36. The molecule has 0 fully saturated rings. The summed E-state index contributed by atoms with van der Waals surface area (Å²) in [5, 5.41) is 3.15. The second kappa shape index (κ2) is 8.47. The van der Waals surface area contributed by atoms with E-state index >= 15 is 0 Å². The minimum Gasteiger partial charge on any atom is -0.478 e. The van der Waals surface area contributed by atoms with Gasteiger partial charge in [-0.15, -0.1) is 0 Å². The Morgan fingerprint density at radius 2 is 2.22 bits per heavy atom. The lowest BCUT2D eigenvalue weighted by Gasteiger charge is -2.08. The molecule has 0 aliphatic heterocycles. The van der Waals surface area contributed by atoms with Crippen LogP contribution in [0.4, 0.5) is 5.82 Å². The molecule has 0 radical (unpaired) electrons. The van der Waals surface area contributed by atoms with Gasteiger partial charge in [0.1, 0.15) is 12.1 Å². The molecule has 1 aromatic heterocycles. The Kier molecular flexibility index (Phi) is 6.79. The van der Waals surface area contributed by atoms with Crippen molar-refractivity contribution in [2.24, 2.45) is 0 Å². The van der Waals surface area contributed by atoms with E-state index in [0.717, 1.165) is 17.8 Å². The zero-order valence-corrected chi connectivity index (χ0v) is 11.1. The highest BCUT2D eigenvalue weighted by atomic mass is 16.5. The predicted octanol–water partition coefficient (Wildman–Crippen LogP) is 2.27. The van der Waals surface area contributed by atoms with E-state index in [4.69, 9.17) is 9.47 Å². The number of ether oxygens (including phenoxy) is 2. The Balaban J connectivity index is 2.26. The van der Waals surface area contributed by atoms with Crippen LogP contribution in [-0.4, -0.2) is 36.3 Å². The number of anilines is 1. The van der Waals surface area contributed by atoms with Crippen LogP contribution < -0.4 is 10.1 Å². The van der Waals surface area contributed by atoms with Gasteiger partial charge < -0.3 is 14.8 Å². The van der Waals surface area contributed by atoms with Crippen LogP contribution in [0.5, 0.6) is 5.88 Å². The first-order chi connectivity index (χ1) is 8.72. The smallest absolute Gasteiger partial charge is 0.218 e. The van der Waals surface area contributed by atoms with E-state index < -0.39 is 0 Å². The number of hydrogen-bond acceptors (Lipinski definition) is 5. The third-order valence-corrected chi connectivity index (χ3v) is 2.00. The average molecular weight is 251 g/mol. The zero-order valence-electron chi connectivity index (χ0n) is 11.1. The molecule has 1 aromatic rings. The molecule has 1 N–H and O–H groups in total. The molecular weight excluding hydrogens is 230 g/mol. The number of nitrogens with one attached hydrogen (secondary N) is 1. The molecule has 0 unspecified atom stereocenters. The Morgan fingerprint density at radius 3 is 2.94 bits per heavy atom. The quantitative estimate of drug-likeness (QED) is 0.539. The van der Waals surface area contributed by atoms with E-state index in [1.165, 1.54) is 6.33 Å². The Bertz CT molecular complexity index is 369. The van der Waals surface area contributed by atoms with Crippen LogP contribution in [0.1, 0.15) is 20.3 Å². The lowest BCUT2D eigenvalue weighted by molar-refractivity contribution is 0.167. The minimum atomic E-state index is 0.594. The number of rotatable bonds is 9. The van der Waals surface area contributed by atoms with Gasteiger partial charge in [0.25, 0.3) is 0 Å². The molecule has 100 valence electrons. The molecule has 18 heavy (non-hydrogen) atoms. The van der Waals surface area contributed by atoms with Gasteiger partial charge in [-0.2, -0.15) is 0 Å². The highest BCUT2D eigenvalue weighted by Crippen LogP contribution is 2.10. The molecule has 0 amide bonds. The second-order valence-corrected chi connectivity index (χ2v) is 4.03. The molecule has 0 bridgehead atoms. The van der Waals surface area contributed by atoms with Gasteiger partial charge in [0.2, 0.25) is 5.88 Å². The normalized spacial score (nSPS) is 10.1. The first kappa shape index (κ1) is 14.4. The average Bonchev–Trinajstić information content (AvgIpc) is 2.36. The summed E-state index contributed by atoms with van der Waals surface area (Å²) < 4.78 is 10.8. The van der Waals surface area contributed by atoms with Gasteiger partial charge in [-0.25, -0.2) is 9.97 Å². The van der Waals surface area contributed by atoms with E-state index in [-0.39, 0.29) is 0 Å². The summed E-state index contributed by atoms with van der Waals surface area (Å²) in [7, 11) is 0. The van der Waals surface area contributed by atoms with Crippen LogP contribution in [0.15, 0.2) is 24.5 Å². The van der Waals surface area contributed by atoms with Crippen molar-refractivity contribution in [2.45, 2.75) is 20.3 Å². The van der Waals surface area contributed by atoms with E-state index in [0.29, 0.717) is 32.2 Å². The second-order valence-electron chi connectivity index (χ2n) is 4.03. The standard InChI is InChI=1S/C13H21N3O2/c1-4-6-18-13-8-12(15-10-16-13)14-5-7-17-9-11(2)3/h8,10H,2,4-7,9H2,1,3H3,(H,14,15,16). The molecule has 0 atom stereocenters. The van der Waals surface area contributed by atoms with Gasteiger partial charge in [0.05, 0.1) is 19.8 Å². The third kappa shape index (κ3) is 6.20. The third-order valence-electron chi connectivity index (χ3n) is 2.00. The van der Waals surface area contributed by atoms with Gasteiger partial charge in [-0.1, -0.05) is 19.1 Å². The van der Waals surface area contributed by atoms with Gasteiger partial charge in [-0.3, -0.25) is 0 Å². The summed E-state index contributed by atoms with van der Waals surface area (Å²) in [6.45, 7) is 10.3. The van der Waals surface area contributed by atoms with Gasteiger partial charge in [0, 0.05) is 12.6 Å². The summed E-state index contributed by atoms with van der Waals surface area (Å²) in [6.07, 6.45) is 2.45. The largest absolute Gasteiger partial charge is 0.478 e.